The van der Waals surface area contributed by atoms with Crippen LogP contribution in [0.1, 0.15) is 56.1 Å². The van der Waals surface area contributed by atoms with Gasteiger partial charge in [0, 0.05) is 16.7 Å². The monoisotopic (exact) mass is 546 g/mol. The summed E-state index contributed by atoms with van der Waals surface area (Å²) in [5.41, 5.74) is 8.04. The molecule has 1 heterocycles. The number of rotatable bonds is 12. The first-order chi connectivity index (χ1) is 19.0. The van der Waals surface area contributed by atoms with E-state index in [0.717, 1.165) is 29.7 Å². The van der Waals surface area contributed by atoms with E-state index in [1.807, 2.05) is 24.3 Å². The highest BCUT2D eigenvalue weighted by molar-refractivity contribution is 6.30. The van der Waals surface area contributed by atoms with Gasteiger partial charge in [0.1, 0.15) is 34.6 Å². The second kappa shape index (κ2) is 13.6. The highest BCUT2D eigenvalue weighted by atomic mass is 35.5. The highest BCUT2D eigenvalue weighted by Gasteiger charge is 2.31. The number of allylic oxidation sites excluding steroid dienone is 1. The molecule has 0 aromatic heterocycles. The minimum absolute atomic E-state index is 0.00942. The van der Waals surface area contributed by atoms with Crippen molar-refractivity contribution < 1.29 is 23.7 Å². The average molecular weight is 547 g/mol. The Morgan fingerprint density at radius 1 is 0.974 bits per heavy atom. The zero-order valence-corrected chi connectivity index (χ0v) is 22.6. The van der Waals surface area contributed by atoms with Gasteiger partial charge in [0.05, 0.1) is 12.5 Å². The molecule has 202 valence electrons. The summed E-state index contributed by atoms with van der Waals surface area (Å²) < 4.78 is 22.5. The Kier molecular flexibility index (Phi) is 9.71. The molecule has 0 aliphatic carbocycles. The lowest BCUT2D eigenvalue weighted by Gasteiger charge is -2.26. The van der Waals surface area contributed by atoms with Crippen molar-refractivity contribution in [3.05, 3.63) is 94.3 Å². The Bertz CT molecular complexity index is 1360. The maximum absolute atomic E-state index is 12.3. The number of benzene rings is 3. The summed E-state index contributed by atoms with van der Waals surface area (Å²) in [4.78, 5) is 12.3. The number of esters is 1. The van der Waals surface area contributed by atoms with E-state index in [4.69, 9.17) is 36.3 Å². The molecular weight excluding hydrogens is 516 g/mol. The molecule has 0 saturated carbocycles. The van der Waals surface area contributed by atoms with Crippen LogP contribution in [0.4, 0.5) is 0 Å². The number of nitrogens with two attached hydrogens (primary N) is 1. The fourth-order valence-electron chi connectivity index (χ4n) is 4.35. The van der Waals surface area contributed by atoms with E-state index >= 15 is 0 Å². The molecule has 0 amide bonds. The van der Waals surface area contributed by atoms with E-state index in [0.29, 0.717) is 28.7 Å². The van der Waals surface area contributed by atoms with Crippen LogP contribution in [-0.2, 0) is 4.79 Å². The van der Waals surface area contributed by atoms with Gasteiger partial charge in [0.25, 0.3) is 0 Å². The SMILES string of the molecule is CCCCCCCOc1ccc(C2C(C#N)=C(N)Oc3cc(OC(=O)COc4cccc(Cl)c4)ccc32)cc1. The van der Waals surface area contributed by atoms with Gasteiger partial charge in [-0.15, -0.1) is 0 Å². The Labute approximate surface area is 233 Å². The molecule has 0 spiro atoms. The number of nitrogens with zero attached hydrogens (tertiary/aromatic N) is 1. The summed E-state index contributed by atoms with van der Waals surface area (Å²) in [6.45, 7) is 2.57. The molecule has 0 fully saturated rings. The molecule has 7 nitrogen and oxygen atoms in total. The number of fused-ring (bicyclic) bond motifs is 1. The zero-order chi connectivity index (χ0) is 27.6. The predicted molar refractivity (Wildman–Crippen MR) is 149 cm³/mol. The number of hydrogen-bond acceptors (Lipinski definition) is 7. The van der Waals surface area contributed by atoms with Gasteiger partial charge in [-0.05, 0) is 48.4 Å². The summed E-state index contributed by atoms with van der Waals surface area (Å²) in [5, 5.41) is 10.3. The Hall–Kier alpha value is -4.15. The topological polar surface area (TPSA) is 104 Å². The van der Waals surface area contributed by atoms with Crippen molar-refractivity contribution in [2.45, 2.75) is 44.9 Å². The number of carbonyl (C=O) groups excluding carboxylic acids is 1. The number of ether oxygens (including phenoxy) is 4. The summed E-state index contributed by atoms with van der Waals surface area (Å²) in [5.74, 6) is 0.895. The third-order valence-electron chi connectivity index (χ3n) is 6.31. The molecule has 39 heavy (non-hydrogen) atoms. The van der Waals surface area contributed by atoms with Gasteiger partial charge in [-0.2, -0.15) is 5.26 Å². The molecule has 1 aliphatic rings. The van der Waals surface area contributed by atoms with Gasteiger partial charge in [0.2, 0.25) is 5.88 Å². The first kappa shape index (κ1) is 27.9. The van der Waals surface area contributed by atoms with Crippen LogP contribution in [0.3, 0.4) is 0 Å². The standard InChI is InChI=1S/C31H31ClN2O5/c1-2-3-4-5-6-16-36-23-12-10-21(11-13-23)30-26-15-14-25(18-28(26)39-31(34)27(30)19-33)38-29(35)20-37-24-9-7-8-22(32)17-24/h7-15,17-18,30H,2-6,16,20,34H2,1H3. The van der Waals surface area contributed by atoms with E-state index in [-0.39, 0.29) is 18.2 Å². The smallest absolute Gasteiger partial charge is 0.349 e. The van der Waals surface area contributed by atoms with Crippen LogP contribution in [0.15, 0.2) is 78.2 Å². The first-order valence-corrected chi connectivity index (χ1v) is 13.4. The van der Waals surface area contributed by atoms with Crippen molar-refractivity contribution in [2.24, 2.45) is 5.73 Å². The van der Waals surface area contributed by atoms with E-state index in [2.05, 4.69) is 13.0 Å². The number of hydrogen-bond donors (Lipinski definition) is 1. The van der Waals surface area contributed by atoms with Crippen LogP contribution in [0.25, 0.3) is 0 Å². The van der Waals surface area contributed by atoms with E-state index in [9.17, 15) is 10.1 Å². The number of unbranched alkanes of at least 4 members (excludes halogenated alkanes) is 4. The Balaban J connectivity index is 1.43. The van der Waals surface area contributed by atoms with Crippen LogP contribution in [0.5, 0.6) is 23.0 Å². The minimum atomic E-state index is -0.593. The van der Waals surface area contributed by atoms with Crippen molar-refractivity contribution in [1.82, 2.24) is 0 Å². The number of halogens is 1. The van der Waals surface area contributed by atoms with Crippen molar-refractivity contribution >= 4 is 17.6 Å². The van der Waals surface area contributed by atoms with Crippen LogP contribution >= 0.6 is 11.6 Å². The normalized spacial score (nSPS) is 14.1. The fraction of sp³-hybridized carbons (Fsp3) is 0.290. The van der Waals surface area contributed by atoms with E-state index in [1.54, 1.807) is 42.5 Å². The Morgan fingerprint density at radius 2 is 1.74 bits per heavy atom. The van der Waals surface area contributed by atoms with Gasteiger partial charge in [-0.25, -0.2) is 4.79 Å². The molecular formula is C31H31ClN2O5. The van der Waals surface area contributed by atoms with Crippen molar-refractivity contribution in [2.75, 3.05) is 13.2 Å². The van der Waals surface area contributed by atoms with Gasteiger partial charge in [-0.1, -0.05) is 68.5 Å². The van der Waals surface area contributed by atoms with Gasteiger partial charge in [-0.3, -0.25) is 0 Å². The predicted octanol–water partition coefficient (Wildman–Crippen LogP) is 6.89. The molecule has 1 aliphatic heterocycles. The quantitative estimate of drug-likeness (QED) is 0.150. The largest absolute Gasteiger partial charge is 0.494 e. The lowest BCUT2D eigenvalue weighted by Crippen LogP contribution is -2.21. The molecule has 0 radical (unpaired) electrons. The van der Waals surface area contributed by atoms with Crippen molar-refractivity contribution in [3.8, 4) is 29.1 Å². The van der Waals surface area contributed by atoms with E-state index < -0.39 is 11.9 Å². The number of carbonyl (C=O) groups is 1. The molecule has 8 heteroatoms. The lowest BCUT2D eigenvalue weighted by molar-refractivity contribution is -0.136. The summed E-state index contributed by atoms with van der Waals surface area (Å²) >= 11 is 5.94. The van der Waals surface area contributed by atoms with Crippen molar-refractivity contribution in [3.63, 3.8) is 0 Å². The van der Waals surface area contributed by atoms with Crippen LogP contribution in [-0.4, -0.2) is 19.2 Å². The highest BCUT2D eigenvalue weighted by Crippen LogP contribution is 2.43. The second-order valence-electron chi connectivity index (χ2n) is 9.18. The Morgan fingerprint density at radius 3 is 2.49 bits per heavy atom. The summed E-state index contributed by atoms with van der Waals surface area (Å²) in [6.07, 6.45) is 5.87. The molecule has 3 aromatic carbocycles. The minimum Gasteiger partial charge on any atom is -0.494 e. The molecule has 0 bridgehead atoms. The molecule has 1 unspecified atom stereocenters. The number of nitriles is 1. The molecule has 1 atom stereocenters. The van der Waals surface area contributed by atoms with Gasteiger partial charge in [0.15, 0.2) is 6.61 Å². The van der Waals surface area contributed by atoms with Crippen molar-refractivity contribution in [1.29, 1.82) is 5.26 Å². The third kappa shape index (κ3) is 7.46. The fourth-order valence-corrected chi connectivity index (χ4v) is 4.53. The molecule has 3 aromatic rings. The van der Waals surface area contributed by atoms with Gasteiger partial charge >= 0.3 is 5.97 Å². The maximum atomic E-state index is 12.3. The summed E-state index contributed by atoms with van der Waals surface area (Å²) in [6, 6.07) is 21.6. The zero-order valence-electron chi connectivity index (χ0n) is 21.8. The van der Waals surface area contributed by atoms with Crippen LogP contribution < -0.4 is 24.7 Å². The summed E-state index contributed by atoms with van der Waals surface area (Å²) in [7, 11) is 0. The lowest BCUT2D eigenvalue weighted by atomic mass is 9.83. The maximum Gasteiger partial charge on any atom is 0.349 e. The van der Waals surface area contributed by atoms with E-state index in [1.165, 1.54) is 19.3 Å². The first-order valence-electron chi connectivity index (χ1n) is 13.0. The van der Waals surface area contributed by atoms with Crippen LogP contribution in [0, 0.1) is 11.3 Å². The molecule has 0 saturated heterocycles. The third-order valence-corrected chi connectivity index (χ3v) is 6.54. The van der Waals surface area contributed by atoms with Gasteiger partial charge < -0.3 is 24.7 Å². The van der Waals surface area contributed by atoms with Crippen LogP contribution in [0.2, 0.25) is 5.02 Å². The molecule has 4 rings (SSSR count). The molecule has 2 N–H and O–H groups in total. The second-order valence-corrected chi connectivity index (χ2v) is 9.61. The average Bonchev–Trinajstić information content (AvgIpc) is 2.93.